The minimum absolute atomic E-state index is 0.139. The van der Waals surface area contributed by atoms with Crippen molar-refractivity contribution in [3.63, 3.8) is 0 Å². The van der Waals surface area contributed by atoms with Gasteiger partial charge in [-0.3, -0.25) is 15.0 Å². The van der Waals surface area contributed by atoms with E-state index in [0.29, 0.717) is 17.4 Å². The zero-order valence-corrected chi connectivity index (χ0v) is 9.34. The molecule has 1 aromatic carbocycles. The van der Waals surface area contributed by atoms with Gasteiger partial charge in [-0.05, 0) is 12.1 Å². The molecule has 1 heterocycles. The van der Waals surface area contributed by atoms with Crippen LogP contribution < -0.4 is 10.2 Å². The molecule has 7 heteroatoms. The Labute approximate surface area is 100.0 Å². The maximum Gasteiger partial charge on any atom is 0.329 e. The highest BCUT2D eigenvalue weighted by Crippen LogP contribution is 2.34. The topological polar surface area (TPSA) is 49.4 Å². The third-order valence-corrected chi connectivity index (χ3v) is 2.94. The fourth-order valence-electron chi connectivity index (χ4n) is 1.51. The Hall–Kier alpha value is -1.63. The Morgan fingerprint density at radius 3 is 2.59 bits per heavy atom. The minimum Gasteiger partial charge on any atom is -0.284 e. The molecule has 0 bridgehead atoms. The van der Waals surface area contributed by atoms with Crippen molar-refractivity contribution in [2.75, 3.05) is 11.4 Å². The van der Waals surface area contributed by atoms with Crippen LogP contribution in [-0.4, -0.2) is 24.2 Å². The maximum absolute atomic E-state index is 12.3. The van der Waals surface area contributed by atoms with E-state index in [1.807, 2.05) is 0 Å². The van der Waals surface area contributed by atoms with Crippen LogP contribution in [0.15, 0.2) is 29.2 Å². The van der Waals surface area contributed by atoms with Crippen molar-refractivity contribution < 1.29 is 18.4 Å². The van der Waals surface area contributed by atoms with Gasteiger partial charge in [0.25, 0.3) is 5.76 Å². The fraction of sp³-hybridized carbons (Fsp3) is 0.200. The molecule has 1 saturated heterocycles. The van der Waals surface area contributed by atoms with E-state index in [2.05, 4.69) is 5.32 Å². The zero-order chi connectivity index (χ0) is 12.4. The zero-order valence-electron chi connectivity index (χ0n) is 8.52. The molecule has 0 radical (unpaired) electrons. The molecule has 3 amide bonds. The highest BCUT2D eigenvalue weighted by Gasteiger charge is 2.29. The summed E-state index contributed by atoms with van der Waals surface area (Å²) in [5.41, 5.74) is 0.321. The summed E-state index contributed by atoms with van der Waals surface area (Å²) < 4.78 is 24.7. The molecule has 2 rings (SSSR count). The Kier molecular flexibility index (Phi) is 3.28. The van der Waals surface area contributed by atoms with Gasteiger partial charge in [0.15, 0.2) is 0 Å². The highest BCUT2D eigenvalue weighted by molar-refractivity contribution is 7.99. The molecule has 0 saturated carbocycles. The van der Waals surface area contributed by atoms with Crippen LogP contribution in [-0.2, 0) is 4.79 Å². The number of carbonyl (C=O) groups excluding carboxylic acids is 2. The van der Waals surface area contributed by atoms with E-state index in [1.165, 1.54) is 12.1 Å². The molecule has 1 fully saturated rings. The summed E-state index contributed by atoms with van der Waals surface area (Å²) in [5.74, 6) is -3.01. The molecular weight excluding hydrogens is 250 g/mol. The fourth-order valence-corrected chi connectivity index (χ4v) is 2.16. The number of benzene rings is 1. The number of hydrogen-bond donors (Lipinski definition) is 1. The molecule has 0 atom stereocenters. The summed E-state index contributed by atoms with van der Waals surface area (Å²) in [5, 5.41) is 2.10. The predicted octanol–water partition coefficient (Wildman–Crippen LogP) is 2.06. The van der Waals surface area contributed by atoms with E-state index in [-0.39, 0.29) is 11.4 Å². The third-order valence-electron chi connectivity index (χ3n) is 2.17. The summed E-state index contributed by atoms with van der Waals surface area (Å²) in [6, 6.07) is 5.66. The molecule has 0 unspecified atom stereocenters. The lowest BCUT2D eigenvalue weighted by Gasteiger charge is -2.16. The van der Waals surface area contributed by atoms with Gasteiger partial charge in [0.2, 0.25) is 5.91 Å². The number of amides is 3. The molecule has 17 heavy (non-hydrogen) atoms. The van der Waals surface area contributed by atoms with Gasteiger partial charge < -0.3 is 0 Å². The van der Waals surface area contributed by atoms with E-state index in [9.17, 15) is 18.4 Å². The third kappa shape index (κ3) is 2.55. The average Bonchev–Trinajstić information content (AvgIpc) is 2.58. The van der Waals surface area contributed by atoms with E-state index in [0.717, 1.165) is 4.90 Å². The lowest BCUT2D eigenvalue weighted by molar-refractivity contribution is -0.117. The Morgan fingerprint density at radius 2 is 2.00 bits per heavy atom. The van der Waals surface area contributed by atoms with Crippen LogP contribution in [0.5, 0.6) is 0 Å². The lowest BCUT2D eigenvalue weighted by atomic mass is 10.3. The number of hydrogen-bond acceptors (Lipinski definition) is 3. The van der Waals surface area contributed by atoms with Gasteiger partial charge in [-0.2, -0.15) is 8.78 Å². The van der Waals surface area contributed by atoms with Gasteiger partial charge in [0.05, 0.1) is 5.69 Å². The number of anilines is 1. The first-order valence-electron chi connectivity index (χ1n) is 4.73. The molecule has 1 aromatic rings. The summed E-state index contributed by atoms with van der Waals surface area (Å²) in [6.07, 6.45) is 0. The van der Waals surface area contributed by atoms with E-state index in [1.54, 1.807) is 12.1 Å². The van der Waals surface area contributed by atoms with Crippen LogP contribution in [0.1, 0.15) is 0 Å². The summed E-state index contributed by atoms with van der Waals surface area (Å²) in [4.78, 5) is 23.9. The Morgan fingerprint density at radius 1 is 1.29 bits per heavy atom. The SMILES string of the molecule is O=C1CN(c2ccccc2SC(F)F)C(=O)N1. The number of carbonyl (C=O) groups is 2. The van der Waals surface area contributed by atoms with Crippen LogP contribution >= 0.6 is 11.8 Å². The Bertz CT molecular complexity index is 467. The number of nitrogens with zero attached hydrogens (tertiary/aromatic N) is 1. The number of imide groups is 1. The first kappa shape index (κ1) is 11.8. The van der Waals surface area contributed by atoms with Crippen LogP contribution in [0.3, 0.4) is 0 Å². The number of nitrogens with one attached hydrogen (secondary N) is 1. The summed E-state index contributed by atoms with van der Waals surface area (Å²) in [6.45, 7) is -0.139. The van der Waals surface area contributed by atoms with Crippen molar-refractivity contribution in [2.24, 2.45) is 0 Å². The van der Waals surface area contributed by atoms with Crippen molar-refractivity contribution in [3.05, 3.63) is 24.3 Å². The molecule has 1 aliphatic rings. The molecule has 4 nitrogen and oxygen atoms in total. The lowest BCUT2D eigenvalue weighted by Crippen LogP contribution is -2.28. The van der Waals surface area contributed by atoms with Gasteiger partial charge >= 0.3 is 6.03 Å². The monoisotopic (exact) mass is 258 g/mol. The van der Waals surface area contributed by atoms with Crippen LogP contribution in [0.4, 0.5) is 19.3 Å². The molecule has 0 aliphatic carbocycles. The van der Waals surface area contributed by atoms with Crippen molar-refractivity contribution >= 4 is 29.4 Å². The smallest absolute Gasteiger partial charge is 0.284 e. The number of urea groups is 1. The second-order valence-corrected chi connectivity index (χ2v) is 4.32. The van der Waals surface area contributed by atoms with E-state index in [4.69, 9.17) is 0 Å². The number of halogens is 2. The quantitative estimate of drug-likeness (QED) is 0.667. The standard InChI is InChI=1S/C10H8F2N2O2S/c11-9(12)17-7-4-2-1-3-6(7)14-5-8(15)13-10(14)16/h1-4,9H,5H2,(H,13,15,16). The van der Waals surface area contributed by atoms with Crippen molar-refractivity contribution in [2.45, 2.75) is 10.7 Å². The molecule has 0 aromatic heterocycles. The van der Waals surface area contributed by atoms with E-state index < -0.39 is 17.7 Å². The number of alkyl halides is 2. The summed E-state index contributed by atoms with van der Waals surface area (Å²) >= 11 is 0.349. The van der Waals surface area contributed by atoms with Gasteiger partial charge in [-0.1, -0.05) is 23.9 Å². The maximum atomic E-state index is 12.3. The largest absolute Gasteiger partial charge is 0.329 e. The van der Waals surface area contributed by atoms with Gasteiger partial charge in [-0.25, -0.2) is 4.79 Å². The van der Waals surface area contributed by atoms with Crippen molar-refractivity contribution in [1.29, 1.82) is 0 Å². The van der Waals surface area contributed by atoms with Crippen molar-refractivity contribution in [3.8, 4) is 0 Å². The number of para-hydroxylation sites is 1. The first-order chi connectivity index (χ1) is 8.08. The Balaban J connectivity index is 2.31. The summed E-state index contributed by atoms with van der Waals surface area (Å²) in [7, 11) is 0. The predicted molar refractivity (Wildman–Crippen MR) is 59.2 cm³/mol. The normalized spacial score (nSPS) is 15.6. The molecule has 0 spiro atoms. The van der Waals surface area contributed by atoms with Crippen LogP contribution in [0.2, 0.25) is 0 Å². The van der Waals surface area contributed by atoms with Crippen LogP contribution in [0.25, 0.3) is 0 Å². The van der Waals surface area contributed by atoms with E-state index >= 15 is 0 Å². The van der Waals surface area contributed by atoms with Gasteiger partial charge in [0, 0.05) is 4.90 Å². The van der Waals surface area contributed by atoms with Crippen molar-refractivity contribution in [1.82, 2.24) is 5.32 Å². The molecular formula is C10H8F2N2O2S. The minimum atomic E-state index is -2.57. The second kappa shape index (κ2) is 4.70. The average molecular weight is 258 g/mol. The van der Waals surface area contributed by atoms with Gasteiger partial charge in [-0.15, -0.1) is 0 Å². The first-order valence-corrected chi connectivity index (χ1v) is 5.61. The number of rotatable bonds is 3. The molecule has 90 valence electrons. The molecule has 1 N–H and O–H groups in total. The molecule has 1 aliphatic heterocycles. The number of thioether (sulfide) groups is 1. The highest BCUT2D eigenvalue weighted by atomic mass is 32.2. The van der Waals surface area contributed by atoms with Crippen LogP contribution in [0, 0.1) is 0 Å². The van der Waals surface area contributed by atoms with Gasteiger partial charge in [0.1, 0.15) is 6.54 Å². The second-order valence-electron chi connectivity index (χ2n) is 3.29.